The third kappa shape index (κ3) is 2.95. The van der Waals surface area contributed by atoms with Gasteiger partial charge >= 0.3 is 0 Å². The summed E-state index contributed by atoms with van der Waals surface area (Å²) in [7, 11) is 0. The maximum Gasteiger partial charge on any atom is 0.150 e. The van der Waals surface area contributed by atoms with E-state index in [1.807, 2.05) is 37.6 Å². The van der Waals surface area contributed by atoms with E-state index in [0.29, 0.717) is 15.8 Å². The van der Waals surface area contributed by atoms with Crippen molar-refractivity contribution in [3.8, 4) is 5.75 Å². The van der Waals surface area contributed by atoms with E-state index >= 15 is 0 Å². The maximum absolute atomic E-state index is 6.18. The van der Waals surface area contributed by atoms with Gasteiger partial charge in [-0.15, -0.1) is 0 Å². The summed E-state index contributed by atoms with van der Waals surface area (Å²) < 4.78 is 5.84. The van der Waals surface area contributed by atoms with Crippen molar-refractivity contribution in [2.75, 3.05) is 13.3 Å². The van der Waals surface area contributed by atoms with Gasteiger partial charge in [0.1, 0.15) is 6.26 Å². The summed E-state index contributed by atoms with van der Waals surface area (Å²) in [5.74, 6) is 0.639. The van der Waals surface area contributed by atoms with Gasteiger partial charge in [0.2, 0.25) is 0 Å². The van der Waals surface area contributed by atoms with Gasteiger partial charge in [0.25, 0.3) is 0 Å². The number of fused-ring (bicyclic) bond motifs is 1. The van der Waals surface area contributed by atoms with Crippen molar-refractivity contribution in [3.63, 3.8) is 0 Å². The molecular formula is C12H11Cl2OPS. The highest BCUT2D eigenvalue weighted by Crippen LogP contribution is 2.46. The Kier molecular flexibility index (Phi) is 3.70. The number of hydrogen-bond acceptors (Lipinski definition) is 2. The molecule has 2 rings (SSSR count). The average Bonchev–Trinajstić information content (AvgIpc) is 2.23. The molecule has 0 unspecified atom stereocenters. The highest BCUT2D eigenvalue weighted by molar-refractivity contribution is 8.11. The average molecular weight is 305 g/mol. The molecule has 0 aromatic heterocycles. The molecule has 0 aliphatic carbocycles. The Morgan fingerprint density at radius 1 is 1.06 bits per heavy atom. The molecule has 0 heterocycles. The fourth-order valence-electron chi connectivity index (χ4n) is 1.59. The molecule has 0 saturated carbocycles. The second-order valence-corrected chi connectivity index (χ2v) is 10.2. The lowest BCUT2D eigenvalue weighted by atomic mass is 10.1. The Morgan fingerprint density at radius 2 is 1.65 bits per heavy atom. The van der Waals surface area contributed by atoms with E-state index in [4.69, 9.17) is 39.5 Å². The zero-order valence-electron chi connectivity index (χ0n) is 9.41. The molecule has 0 fully saturated rings. The molecule has 0 atom stereocenters. The summed E-state index contributed by atoms with van der Waals surface area (Å²) in [5.41, 5.74) is 0. The highest BCUT2D eigenvalue weighted by atomic mass is 35.5. The van der Waals surface area contributed by atoms with E-state index in [-0.39, 0.29) is 0 Å². The van der Waals surface area contributed by atoms with E-state index in [0.717, 1.165) is 10.8 Å². The Balaban J connectivity index is 2.74. The number of halogens is 2. The first kappa shape index (κ1) is 13.2. The highest BCUT2D eigenvalue weighted by Gasteiger charge is 2.14. The minimum absolute atomic E-state index is 0.506. The van der Waals surface area contributed by atoms with Crippen molar-refractivity contribution in [1.29, 1.82) is 0 Å². The summed E-state index contributed by atoms with van der Waals surface area (Å²) in [6.45, 7) is 3.84. The fraction of sp³-hybridized carbons (Fsp3) is 0.167. The standard InChI is InChI=1S/C12H11Cl2OPS/c1-16(2,17)15-12-9-6-4-3-5-8(9)10(13)7-11(12)14/h3-7H,1-2H3. The molecule has 0 aliphatic heterocycles. The quantitative estimate of drug-likeness (QED) is 0.707. The van der Waals surface area contributed by atoms with Crippen LogP contribution >= 0.6 is 29.5 Å². The molecule has 0 bridgehead atoms. The maximum atomic E-state index is 6.18. The molecule has 0 amide bonds. The summed E-state index contributed by atoms with van der Waals surface area (Å²) in [6, 6.07) is 9.44. The van der Waals surface area contributed by atoms with Crippen LogP contribution in [0, 0.1) is 0 Å². The van der Waals surface area contributed by atoms with Crippen molar-refractivity contribution >= 4 is 52.0 Å². The number of rotatable bonds is 2. The molecular weight excluding hydrogens is 294 g/mol. The van der Waals surface area contributed by atoms with Crippen LogP contribution in [-0.2, 0) is 11.8 Å². The zero-order valence-corrected chi connectivity index (χ0v) is 12.6. The normalized spacial score (nSPS) is 11.8. The van der Waals surface area contributed by atoms with E-state index < -0.39 is 6.26 Å². The van der Waals surface area contributed by atoms with Crippen molar-refractivity contribution in [1.82, 2.24) is 0 Å². The van der Waals surface area contributed by atoms with E-state index in [9.17, 15) is 0 Å². The van der Waals surface area contributed by atoms with Crippen molar-refractivity contribution in [2.45, 2.75) is 0 Å². The smallest absolute Gasteiger partial charge is 0.150 e. The second-order valence-electron chi connectivity index (χ2n) is 4.06. The van der Waals surface area contributed by atoms with Crippen LogP contribution in [0.25, 0.3) is 10.8 Å². The Morgan fingerprint density at radius 3 is 2.24 bits per heavy atom. The molecule has 0 saturated heterocycles. The summed E-state index contributed by atoms with van der Waals surface area (Å²) in [6.07, 6.45) is -1.83. The van der Waals surface area contributed by atoms with Gasteiger partial charge in [-0.25, -0.2) is 0 Å². The van der Waals surface area contributed by atoms with Gasteiger partial charge < -0.3 is 4.52 Å². The monoisotopic (exact) mass is 304 g/mol. The van der Waals surface area contributed by atoms with Gasteiger partial charge in [0, 0.05) is 10.8 Å². The van der Waals surface area contributed by atoms with Crippen LogP contribution < -0.4 is 4.52 Å². The topological polar surface area (TPSA) is 9.23 Å². The van der Waals surface area contributed by atoms with Crippen LogP contribution in [0.2, 0.25) is 10.0 Å². The van der Waals surface area contributed by atoms with E-state index in [2.05, 4.69) is 0 Å². The van der Waals surface area contributed by atoms with Crippen molar-refractivity contribution in [3.05, 3.63) is 40.4 Å². The zero-order chi connectivity index (χ0) is 12.6. The largest absolute Gasteiger partial charge is 0.465 e. The van der Waals surface area contributed by atoms with E-state index in [1.165, 1.54) is 0 Å². The first-order valence-corrected chi connectivity index (χ1v) is 9.37. The molecule has 2 aromatic carbocycles. The summed E-state index contributed by atoms with van der Waals surface area (Å²) in [5, 5.41) is 2.96. The molecule has 2 aromatic rings. The van der Waals surface area contributed by atoms with Crippen LogP contribution in [0.4, 0.5) is 0 Å². The lowest BCUT2D eigenvalue weighted by Crippen LogP contribution is -1.91. The molecule has 17 heavy (non-hydrogen) atoms. The molecule has 0 N–H and O–H groups in total. The first-order chi connectivity index (χ1) is 7.88. The molecule has 0 radical (unpaired) electrons. The lowest BCUT2D eigenvalue weighted by molar-refractivity contribution is 0.629. The van der Waals surface area contributed by atoms with Crippen LogP contribution in [-0.4, -0.2) is 13.3 Å². The predicted molar refractivity (Wildman–Crippen MR) is 80.7 cm³/mol. The lowest BCUT2D eigenvalue weighted by Gasteiger charge is -2.17. The van der Waals surface area contributed by atoms with Gasteiger partial charge in [-0.3, -0.25) is 0 Å². The third-order valence-electron chi connectivity index (χ3n) is 2.21. The molecule has 90 valence electrons. The fourth-order valence-corrected chi connectivity index (χ4v) is 3.08. The summed E-state index contributed by atoms with van der Waals surface area (Å²) >= 11 is 17.6. The number of benzene rings is 2. The van der Waals surface area contributed by atoms with Crippen LogP contribution in [0.3, 0.4) is 0 Å². The van der Waals surface area contributed by atoms with Crippen LogP contribution in [0.15, 0.2) is 30.3 Å². The molecule has 0 aliphatic rings. The van der Waals surface area contributed by atoms with Gasteiger partial charge in [-0.05, 0) is 19.4 Å². The minimum Gasteiger partial charge on any atom is -0.465 e. The van der Waals surface area contributed by atoms with Crippen LogP contribution in [0.5, 0.6) is 5.75 Å². The molecule has 0 spiro atoms. The van der Waals surface area contributed by atoms with Crippen molar-refractivity contribution < 1.29 is 4.52 Å². The predicted octanol–water partition coefficient (Wildman–Crippen LogP) is 5.18. The van der Waals surface area contributed by atoms with Gasteiger partial charge in [0.05, 0.1) is 10.0 Å². The third-order valence-corrected chi connectivity index (χ3v) is 3.65. The molecule has 1 nitrogen and oxygen atoms in total. The Hall–Kier alpha value is -0.270. The molecule has 5 heteroatoms. The van der Waals surface area contributed by atoms with Gasteiger partial charge in [-0.2, -0.15) is 0 Å². The minimum atomic E-state index is -1.83. The summed E-state index contributed by atoms with van der Waals surface area (Å²) in [4.78, 5) is 0. The first-order valence-electron chi connectivity index (χ1n) is 5.00. The van der Waals surface area contributed by atoms with Crippen molar-refractivity contribution in [2.24, 2.45) is 0 Å². The van der Waals surface area contributed by atoms with Gasteiger partial charge in [-0.1, -0.05) is 59.3 Å². The second kappa shape index (κ2) is 4.78. The van der Waals surface area contributed by atoms with Gasteiger partial charge in [0.15, 0.2) is 5.75 Å². The van der Waals surface area contributed by atoms with Crippen LogP contribution in [0.1, 0.15) is 0 Å². The van der Waals surface area contributed by atoms with E-state index in [1.54, 1.807) is 6.07 Å². The Bertz CT molecular complexity index is 621. The Labute approximate surface area is 116 Å². The number of hydrogen-bond donors (Lipinski definition) is 0. The SMILES string of the molecule is CP(C)(=S)Oc1c(Cl)cc(Cl)c2ccccc12.